The third-order valence-electron chi connectivity index (χ3n) is 4.57. The van der Waals surface area contributed by atoms with Crippen LogP contribution in [0.25, 0.3) is 0 Å². The van der Waals surface area contributed by atoms with E-state index in [1.807, 2.05) is 0 Å². The molecule has 1 aromatic carbocycles. The molecule has 19 heavy (non-hydrogen) atoms. The van der Waals surface area contributed by atoms with Gasteiger partial charge in [-0.2, -0.15) is 0 Å². The average Bonchev–Trinajstić information content (AvgIpc) is 2.84. The number of aryl methyl sites for hydroxylation is 1. The van der Waals surface area contributed by atoms with Gasteiger partial charge in [0.1, 0.15) is 0 Å². The van der Waals surface area contributed by atoms with Gasteiger partial charge < -0.3 is 10.6 Å². The number of hydrogen-bond acceptors (Lipinski definition) is 3. The maximum atomic E-state index is 6.14. The zero-order chi connectivity index (χ0) is 14.0. The molecule has 1 aliphatic heterocycles. The maximum absolute atomic E-state index is 6.14. The van der Waals surface area contributed by atoms with E-state index in [4.69, 9.17) is 5.73 Å². The van der Waals surface area contributed by atoms with Crippen LogP contribution in [0.3, 0.4) is 0 Å². The summed E-state index contributed by atoms with van der Waals surface area (Å²) in [5, 5.41) is 0. The van der Waals surface area contributed by atoms with Crippen LogP contribution in [0.1, 0.15) is 25.8 Å². The van der Waals surface area contributed by atoms with Gasteiger partial charge in [-0.1, -0.05) is 12.1 Å². The minimum atomic E-state index is 0.0814. The first-order chi connectivity index (χ1) is 8.98. The second kappa shape index (κ2) is 5.51. The van der Waals surface area contributed by atoms with E-state index in [1.165, 1.54) is 11.3 Å². The van der Waals surface area contributed by atoms with Gasteiger partial charge in [0.2, 0.25) is 0 Å². The lowest BCUT2D eigenvalue weighted by molar-refractivity contribution is 0.255. The fraction of sp³-hybridized carbons (Fsp3) is 0.625. The molecule has 1 atom stereocenters. The molecule has 0 amide bonds. The predicted molar refractivity (Wildman–Crippen MR) is 82.7 cm³/mol. The maximum Gasteiger partial charge on any atom is 0.0659 e. The lowest BCUT2D eigenvalue weighted by Gasteiger charge is -2.40. The molecule has 1 fully saturated rings. The molecule has 2 rings (SSSR count). The molecule has 106 valence electrons. The molecule has 1 heterocycles. The van der Waals surface area contributed by atoms with Gasteiger partial charge in [-0.25, -0.2) is 0 Å². The Bertz CT molecular complexity index is 430. The highest BCUT2D eigenvalue weighted by Gasteiger charge is 2.41. The van der Waals surface area contributed by atoms with E-state index >= 15 is 0 Å². The Morgan fingerprint density at radius 3 is 2.68 bits per heavy atom. The monoisotopic (exact) mass is 261 g/mol. The summed E-state index contributed by atoms with van der Waals surface area (Å²) in [6.45, 7) is 9.58. The summed E-state index contributed by atoms with van der Waals surface area (Å²) in [4.78, 5) is 4.92. The molecular formula is C16H27N3. The van der Waals surface area contributed by atoms with Gasteiger partial charge in [0.15, 0.2) is 0 Å². The van der Waals surface area contributed by atoms with Gasteiger partial charge in [-0.3, -0.25) is 4.90 Å². The van der Waals surface area contributed by atoms with Gasteiger partial charge in [0.05, 0.1) is 5.54 Å². The van der Waals surface area contributed by atoms with E-state index in [9.17, 15) is 0 Å². The van der Waals surface area contributed by atoms with Crippen LogP contribution < -0.4 is 10.6 Å². The van der Waals surface area contributed by atoms with Crippen LogP contribution in [0.15, 0.2) is 24.3 Å². The number of likely N-dealkylation sites (tertiary alicyclic amines) is 1. The lowest BCUT2D eigenvalue weighted by atomic mass is 9.95. The molecule has 0 spiro atoms. The molecule has 3 nitrogen and oxygen atoms in total. The van der Waals surface area contributed by atoms with E-state index < -0.39 is 0 Å². The van der Waals surface area contributed by atoms with Crippen LogP contribution >= 0.6 is 0 Å². The lowest BCUT2D eigenvalue weighted by Crippen LogP contribution is -2.54. The third-order valence-corrected chi connectivity index (χ3v) is 4.57. The van der Waals surface area contributed by atoms with Gasteiger partial charge in [0, 0.05) is 38.4 Å². The smallest absolute Gasteiger partial charge is 0.0659 e. The first-order valence-corrected chi connectivity index (χ1v) is 7.23. The van der Waals surface area contributed by atoms with Crippen molar-refractivity contribution in [1.82, 2.24) is 4.90 Å². The topological polar surface area (TPSA) is 32.5 Å². The standard InChI is InChI=1S/C16H27N3/c1-13(2)19-9-8-16(11-17,12-19)18(4)15-7-5-6-14(3)10-15/h5-7,10,13H,8-9,11-12,17H2,1-4H3. The number of likely N-dealkylation sites (N-methyl/N-ethyl adjacent to an activating group) is 1. The molecule has 0 aromatic heterocycles. The van der Waals surface area contributed by atoms with Crippen molar-refractivity contribution < 1.29 is 0 Å². The van der Waals surface area contributed by atoms with Crippen LogP contribution in [-0.2, 0) is 0 Å². The minimum absolute atomic E-state index is 0.0814. The minimum Gasteiger partial charge on any atom is -0.366 e. The molecule has 1 aliphatic rings. The predicted octanol–water partition coefficient (Wildman–Crippen LogP) is 2.24. The van der Waals surface area contributed by atoms with E-state index in [2.05, 4.69) is 61.9 Å². The fourth-order valence-electron chi connectivity index (χ4n) is 3.02. The van der Waals surface area contributed by atoms with Crippen LogP contribution in [0.5, 0.6) is 0 Å². The Hall–Kier alpha value is -1.06. The first-order valence-electron chi connectivity index (χ1n) is 7.23. The number of anilines is 1. The Morgan fingerprint density at radius 2 is 2.16 bits per heavy atom. The Labute approximate surface area is 117 Å². The van der Waals surface area contributed by atoms with Crippen molar-refractivity contribution in [2.24, 2.45) is 5.73 Å². The highest BCUT2D eigenvalue weighted by atomic mass is 15.3. The first kappa shape index (κ1) is 14.4. The molecular weight excluding hydrogens is 234 g/mol. The third kappa shape index (κ3) is 2.77. The molecule has 1 unspecified atom stereocenters. The van der Waals surface area contributed by atoms with Crippen molar-refractivity contribution in [3.63, 3.8) is 0 Å². The van der Waals surface area contributed by atoms with Crippen LogP contribution in [0.2, 0.25) is 0 Å². The zero-order valence-electron chi connectivity index (χ0n) is 12.7. The summed E-state index contributed by atoms with van der Waals surface area (Å²) in [6, 6.07) is 9.29. The van der Waals surface area contributed by atoms with Crippen molar-refractivity contribution in [2.75, 3.05) is 31.6 Å². The SMILES string of the molecule is Cc1cccc(N(C)C2(CN)CCN(C(C)C)C2)c1. The number of rotatable bonds is 4. The number of benzene rings is 1. The van der Waals surface area contributed by atoms with Crippen molar-refractivity contribution in [3.05, 3.63) is 29.8 Å². The van der Waals surface area contributed by atoms with Gasteiger partial charge in [-0.15, -0.1) is 0 Å². The van der Waals surface area contributed by atoms with Crippen molar-refractivity contribution in [2.45, 2.75) is 38.8 Å². The number of hydrogen-bond donors (Lipinski definition) is 1. The van der Waals surface area contributed by atoms with Crippen LogP contribution in [-0.4, -0.2) is 43.2 Å². The van der Waals surface area contributed by atoms with Gasteiger partial charge >= 0.3 is 0 Å². The zero-order valence-corrected chi connectivity index (χ0v) is 12.7. The molecule has 1 aromatic rings. The summed E-state index contributed by atoms with van der Waals surface area (Å²) >= 11 is 0. The molecule has 3 heteroatoms. The Morgan fingerprint density at radius 1 is 1.42 bits per heavy atom. The highest BCUT2D eigenvalue weighted by Crippen LogP contribution is 2.31. The molecule has 2 N–H and O–H groups in total. The van der Waals surface area contributed by atoms with E-state index in [-0.39, 0.29) is 5.54 Å². The summed E-state index contributed by atoms with van der Waals surface area (Å²) < 4.78 is 0. The Kier molecular flexibility index (Phi) is 4.16. The number of nitrogens with zero attached hydrogens (tertiary/aromatic N) is 2. The van der Waals surface area contributed by atoms with Crippen LogP contribution in [0.4, 0.5) is 5.69 Å². The summed E-state index contributed by atoms with van der Waals surface area (Å²) in [7, 11) is 2.19. The molecule has 0 bridgehead atoms. The highest BCUT2D eigenvalue weighted by molar-refractivity contribution is 5.51. The van der Waals surface area contributed by atoms with E-state index in [0.717, 1.165) is 19.5 Å². The molecule has 0 aliphatic carbocycles. The van der Waals surface area contributed by atoms with Crippen molar-refractivity contribution in [1.29, 1.82) is 0 Å². The largest absolute Gasteiger partial charge is 0.366 e. The molecule has 0 saturated carbocycles. The molecule has 1 saturated heterocycles. The van der Waals surface area contributed by atoms with Crippen LogP contribution in [0, 0.1) is 6.92 Å². The Balaban J connectivity index is 2.22. The van der Waals surface area contributed by atoms with Gasteiger partial charge in [0.25, 0.3) is 0 Å². The van der Waals surface area contributed by atoms with Gasteiger partial charge in [-0.05, 0) is 44.9 Å². The second-order valence-electron chi connectivity index (χ2n) is 6.14. The van der Waals surface area contributed by atoms with E-state index in [0.29, 0.717) is 12.6 Å². The van der Waals surface area contributed by atoms with Crippen molar-refractivity contribution >= 4 is 5.69 Å². The average molecular weight is 261 g/mol. The fourth-order valence-corrected chi connectivity index (χ4v) is 3.02. The summed E-state index contributed by atoms with van der Waals surface area (Å²) in [6.07, 6.45) is 1.14. The van der Waals surface area contributed by atoms with E-state index in [1.54, 1.807) is 0 Å². The quantitative estimate of drug-likeness (QED) is 0.902. The number of nitrogens with two attached hydrogens (primary N) is 1. The summed E-state index contributed by atoms with van der Waals surface area (Å²) in [5.74, 6) is 0. The second-order valence-corrected chi connectivity index (χ2v) is 6.14. The normalized spacial score (nSPS) is 24.1. The molecule has 0 radical (unpaired) electrons. The van der Waals surface area contributed by atoms with Crippen molar-refractivity contribution in [3.8, 4) is 0 Å². The summed E-state index contributed by atoms with van der Waals surface area (Å²) in [5.41, 5.74) is 8.80.